The molecule has 39 heavy (non-hydrogen) atoms. The number of nitrogens with zero attached hydrogens (tertiary/aromatic N) is 4. The van der Waals surface area contributed by atoms with E-state index < -0.39 is 10.4 Å². The predicted molar refractivity (Wildman–Crippen MR) is 143 cm³/mol. The fourth-order valence-electron chi connectivity index (χ4n) is 3.43. The second kappa shape index (κ2) is 15.7. The van der Waals surface area contributed by atoms with Crippen LogP contribution in [0, 0.1) is 0 Å². The molecule has 0 bridgehead atoms. The first-order valence-corrected chi connectivity index (χ1v) is 12.7. The third-order valence-electron chi connectivity index (χ3n) is 5.01. The maximum Gasteiger partial charge on any atom is 2.00 e. The summed E-state index contributed by atoms with van der Waals surface area (Å²) in [6.45, 7) is 0.188. The van der Waals surface area contributed by atoms with Crippen molar-refractivity contribution < 1.29 is 44.2 Å². The first-order valence-electron chi connectivity index (χ1n) is 11.4. The molecule has 0 saturated carbocycles. The first kappa shape index (κ1) is 31.6. The van der Waals surface area contributed by atoms with Crippen molar-refractivity contribution in [3.05, 3.63) is 97.6 Å². The fraction of sp³-hybridized carbons (Fsp3) is 0.111. The number of fused-ring (bicyclic) bond motifs is 6. The van der Waals surface area contributed by atoms with E-state index in [9.17, 15) is 0 Å². The Bertz CT molecular complexity index is 1510. The summed E-state index contributed by atoms with van der Waals surface area (Å²) in [6.07, 6.45) is 7.71. The summed E-state index contributed by atoms with van der Waals surface area (Å²) in [5.41, 5.74) is 3.91. The summed E-state index contributed by atoms with van der Waals surface area (Å²) in [7, 11) is -5.17. The van der Waals surface area contributed by atoms with Crippen LogP contribution >= 0.6 is 0 Å². The Labute approximate surface area is 234 Å². The van der Waals surface area contributed by atoms with Gasteiger partial charge in [-0.15, -0.1) is 0 Å². The maximum atomic E-state index is 8.52. The van der Waals surface area contributed by atoms with E-state index in [0.29, 0.717) is 6.42 Å². The van der Waals surface area contributed by atoms with Crippen LogP contribution in [0.5, 0.6) is 0 Å². The number of benzene rings is 2. The molecule has 6 rings (SSSR count). The van der Waals surface area contributed by atoms with E-state index in [1.807, 2.05) is 24.3 Å². The molecule has 6 aromatic rings. The van der Waals surface area contributed by atoms with E-state index >= 15 is 0 Å². The van der Waals surface area contributed by atoms with Crippen molar-refractivity contribution in [2.24, 2.45) is 0 Å². The summed E-state index contributed by atoms with van der Waals surface area (Å²) in [6, 6.07) is 24.3. The molecule has 2 aromatic carbocycles. The Balaban J connectivity index is 0.000000202. The second-order valence-corrected chi connectivity index (χ2v) is 8.46. The van der Waals surface area contributed by atoms with Gasteiger partial charge in [0, 0.05) is 69.9 Å². The topological polar surface area (TPSA) is 172 Å². The number of aliphatic hydroxyl groups excluding tert-OH is 2. The van der Waals surface area contributed by atoms with Gasteiger partial charge in [0.05, 0.1) is 22.1 Å². The van der Waals surface area contributed by atoms with Gasteiger partial charge in [-0.2, -0.15) is 0 Å². The largest absolute Gasteiger partial charge is 2.00 e. The second-order valence-electron chi connectivity index (χ2n) is 7.64. The predicted octanol–water partition coefficient (Wildman–Crippen LogP) is 3.59. The smallest absolute Gasteiger partial charge is 0.759 e. The Morgan fingerprint density at radius 2 is 0.769 bits per heavy atom. The molecule has 10 nitrogen and oxygen atoms in total. The number of hydrogen-bond acceptors (Lipinski definition) is 10. The molecule has 2 N–H and O–H groups in total. The summed E-state index contributed by atoms with van der Waals surface area (Å²) in [5.74, 6) is 0. The van der Waals surface area contributed by atoms with Gasteiger partial charge in [-0.05, 0) is 30.7 Å². The molecular formula is C27H24N4NiO6S. The van der Waals surface area contributed by atoms with E-state index in [1.165, 1.54) is 0 Å². The average molecular weight is 591 g/mol. The Morgan fingerprint density at radius 1 is 0.538 bits per heavy atom. The molecule has 0 amide bonds. The molecule has 0 aliphatic rings. The molecule has 204 valence electrons. The zero-order chi connectivity index (χ0) is 27.4. The van der Waals surface area contributed by atoms with Crippen molar-refractivity contribution in [1.29, 1.82) is 0 Å². The molecule has 0 spiro atoms. The van der Waals surface area contributed by atoms with Crippen LogP contribution in [-0.2, 0) is 26.9 Å². The number of aromatic nitrogens is 4. The van der Waals surface area contributed by atoms with Gasteiger partial charge in [0.1, 0.15) is 0 Å². The molecule has 0 fully saturated rings. The Kier molecular flexibility index (Phi) is 12.7. The number of pyridine rings is 4. The molecule has 0 aliphatic heterocycles. The third-order valence-corrected chi connectivity index (χ3v) is 5.01. The van der Waals surface area contributed by atoms with Crippen LogP contribution in [0.25, 0.3) is 43.6 Å². The van der Waals surface area contributed by atoms with Gasteiger partial charge in [-0.25, -0.2) is 0 Å². The van der Waals surface area contributed by atoms with Crippen LogP contribution in [0.4, 0.5) is 0 Å². The van der Waals surface area contributed by atoms with Crippen molar-refractivity contribution in [3.8, 4) is 0 Å². The van der Waals surface area contributed by atoms with Crippen LogP contribution < -0.4 is 0 Å². The Hall–Kier alpha value is -3.64. The normalized spacial score (nSPS) is 10.4. The number of aliphatic hydroxyl groups is 2. The van der Waals surface area contributed by atoms with Gasteiger partial charge in [-0.3, -0.25) is 28.4 Å². The van der Waals surface area contributed by atoms with Crippen LogP contribution in [0.1, 0.15) is 6.42 Å². The zero-order valence-electron chi connectivity index (χ0n) is 20.4. The quantitative estimate of drug-likeness (QED) is 0.131. The summed E-state index contributed by atoms with van der Waals surface area (Å²) in [4.78, 5) is 17.4. The van der Waals surface area contributed by atoms with Crippen molar-refractivity contribution in [1.82, 2.24) is 19.9 Å². The van der Waals surface area contributed by atoms with Gasteiger partial charge in [0.2, 0.25) is 0 Å². The molecule has 0 aliphatic carbocycles. The first-order chi connectivity index (χ1) is 18.3. The SMILES string of the molecule is O=S(=O)([O-])[O-].OCCCO.[Ni+2].c1cnc2c(c1)ccc1cccnc12.c1cnc2c(c1)ccc1cccnc12. The molecule has 4 heterocycles. The molecule has 0 saturated heterocycles. The van der Waals surface area contributed by atoms with E-state index in [4.69, 9.17) is 27.7 Å². The van der Waals surface area contributed by atoms with Crippen LogP contribution in [-0.4, -0.2) is 60.9 Å². The van der Waals surface area contributed by atoms with Crippen LogP contribution in [0.2, 0.25) is 0 Å². The molecule has 12 heteroatoms. The van der Waals surface area contributed by atoms with Crippen LogP contribution in [0.15, 0.2) is 97.6 Å². The molecule has 4 aromatic heterocycles. The van der Waals surface area contributed by atoms with Crippen molar-refractivity contribution in [2.75, 3.05) is 13.2 Å². The minimum Gasteiger partial charge on any atom is -0.759 e. The van der Waals surface area contributed by atoms with E-state index in [2.05, 4.69) is 68.5 Å². The molecule has 0 atom stereocenters. The summed E-state index contributed by atoms with van der Waals surface area (Å²) in [5, 5.41) is 20.4. The molecular weight excluding hydrogens is 567 g/mol. The van der Waals surface area contributed by atoms with Gasteiger partial charge >= 0.3 is 16.5 Å². The monoisotopic (exact) mass is 590 g/mol. The van der Waals surface area contributed by atoms with E-state index in [-0.39, 0.29) is 29.7 Å². The van der Waals surface area contributed by atoms with Crippen molar-refractivity contribution in [3.63, 3.8) is 0 Å². The van der Waals surface area contributed by atoms with E-state index in [0.717, 1.165) is 43.6 Å². The number of rotatable bonds is 2. The fourth-order valence-corrected chi connectivity index (χ4v) is 3.43. The zero-order valence-corrected chi connectivity index (χ0v) is 22.2. The minimum absolute atomic E-state index is 0. The van der Waals surface area contributed by atoms with Gasteiger partial charge in [-0.1, -0.05) is 48.5 Å². The molecule has 0 unspecified atom stereocenters. The number of hydrogen-bond donors (Lipinski definition) is 2. The van der Waals surface area contributed by atoms with Crippen molar-refractivity contribution in [2.45, 2.75) is 6.42 Å². The van der Waals surface area contributed by atoms with Gasteiger partial charge in [0.25, 0.3) is 0 Å². The van der Waals surface area contributed by atoms with Gasteiger partial charge < -0.3 is 19.3 Å². The Morgan fingerprint density at radius 3 is 0.949 bits per heavy atom. The molecule has 0 radical (unpaired) electrons. The van der Waals surface area contributed by atoms with Gasteiger partial charge in [0.15, 0.2) is 0 Å². The summed E-state index contributed by atoms with van der Waals surface area (Å²) < 4.78 is 34.1. The average Bonchev–Trinajstić information content (AvgIpc) is 2.93. The van der Waals surface area contributed by atoms with Crippen LogP contribution in [0.3, 0.4) is 0 Å². The third kappa shape index (κ3) is 9.88. The maximum absolute atomic E-state index is 8.52. The minimum atomic E-state index is -5.17. The van der Waals surface area contributed by atoms with E-state index in [1.54, 1.807) is 24.8 Å². The summed E-state index contributed by atoms with van der Waals surface area (Å²) >= 11 is 0. The standard InChI is InChI=1S/2C12H8N2.C3H8O2.Ni.H2O4S/c2*1-3-9-5-6-10-4-2-8-14-12(10)11(9)13-7-1;4-2-1-3-5;;1-5(2,3)4/h2*1-8H;4-5H,1-3H2;;(H2,1,2,3,4)/q;;;+2;/p-2. The van der Waals surface area contributed by atoms with Crippen molar-refractivity contribution >= 4 is 54.0 Å².